The van der Waals surface area contributed by atoms with Gasteiger partial charge in [-0.1, -0.05) is 31.2 Å². The van der Waals surface area contributed by atoms with Gasteiger partial charge in [0.05, 0.1) is 12.5 Å². The largest absolute Gasteiger partial charge is 0.481 e. The minimum atomic E-state index is -0.897. The number of nitrogens with one attached hydrogen (secondary N) is 1. The SMILES string of the molecule is CC1CCC(NC(=O)N(C)CCC(=O)O)c2ccccc21. The van der Waals surface area contributed by atoms with E-state index >= 15 is 0 Å². The van der Waals surface area contributed by atoms with Crippen LogP contribution in [0.3, 0.4) is 0 Å². The van der Waals surface area contributed by atoms with Crippen molar-refractivity contribution in [2.75, 3.05) is 13.6 Å². The predicted octanol–water partition coefficient (Wildman–Crippen LogP) is 2.74. The Balaban J connectivity index is 2.02. The van der Waals surface area contributed by atoms with Crippen molar-refractivity contribution in [1.82, 2.24) is 10.2 Å². The zero-order valence-electron chi connectivity index (χ0n) is 12.5. The number of carboxylic acids is 1. The van der Waals surface area contributed by atoms with E-state index in [9.17, 15) is 9.59 Å². The summed E-state index contributed by atoms with van der Waals surface area (Å²) in [5, 5.41) is 11.7. The normalized spacial score (nSPS) is 20.5. The van der Waals surface area contributed by atoms with Crippen LogP contribution in [0.4, 0.5) is 4.79 Å². The number of hydrogen-bond donors (Lipinski definition) is 2. The second kappa shape index (κ2) is 6.61. The molecule has 0 radical (unpaired) electrons. The molecule has 0 fully saturated rings. The van der Waals surface area contributed by atoms with E-state index in [-0.39, 0.29) is 25.0 Å². The van der Waals surface area contributed by atoms with Crippen LogP contribution >= 0.6 is 0 Å². The van der Waals surface area contributed by atoms with Gasteiger partial charge in [-0.25, -0.2) is 4.79 Å². The van der Waals surface area contributed by atoms with Crippen molar-refractivity contribution >= 4 is 12.0 Å². The molecule has 0 spiro atoms. The van der Waals surface area contributed by atoms with Gasteiger partial charge in [-0.3, -0.25) is 4.79 Å². The Bertz CT molecular complexity index is 530. The second-order valence-electron chi connectivity index (χ2n) is 5.67. The number of carboxylic acid groups (broad SMARTS) is 1. The highest BCUT2D eigenvalue weighted by molar-refractivity contribution is 5.75. The molecule has 2 atom stereocenters. The van der Waals surface area contributed by atoms with Crippen molar-refractivity contribution in [2.24, 2.45) is 0 Å². The van der Waals surface area contributed by atoms with Crippen molar-refractivity contribution in [3.8, 4) is 0 Å². The summed E-state index contributed by atoms with van der Waals surface area (Å²) in [6.45, 7) is 2.42. The van der Waals surface area contributed by atoms with Gasteiger partial charge in [-0.15, -0.1) is 0 Å². The molecule has 1 aromatic carbocycles. The molecular weight excluding hydrogens is 268 g/mol. The molecule has 0 saturated carbocycles. The van der Waals surface area contributed by atoms with Crippen molar-refractivity contribution < 1.29 is 14.7 Å². The Kier molecular flexibility index (Phi) is 4.83. The summed E-state index contributed by atoms with van der Waals surface area (Å²) in [5.41, 5.74) is 2.47. The number of amides is 2. The lowest BCUT2D eigenvalue weighted by Crippen LogP contribution is -2.41. The second-order valence-corrected chi connectivity index (χ2v) is 5.67. The number of carbonyl (C=O) groups is 2. The third-order valence-corrected chi connectivity index (χ3v) is 4.10. The van der Waals surface area contributed by atoms with Crippen molar-refractivity contribution in [3.05, 3.63) is 35.4 Å². The lowest BCUT2D eigenvalue weighted by atomic mass is 9.81. The van der Waals surface area contributed by atoms with E-state index in [2.05, 4.69) is 24.4 Å². The number of rotatable bonds is 4. The van der Waals surface area contributed by atoms with Gasteiger partial charge in [-0.05, 0) is 29.9 Å². The standard InChI is InChI=1S/C16H22N2O3/c1-11-7-8-14(13-6-4-3-5-12(11)13)17-16(21)18(2)10-9-15(19)20/h3-6,11,14H,7-10H2,1-2H3,(H,17,21)(H,19,20). The van der Waals surface area contributed by atoms with Gasteiger partial charge in [0, 0.05) is 13.6 Å². The number of carbonyl (C=O) groups excluding carboxylic acids is 1. The first-order chi connectivity index (χ1) is 9.99. The quantitative estimate of drug-likeness (QED) is 0.895. The third-order valence-electron chi connectivity index (χ3n) is 4.10. The number of hydrogen-bond acceptors (Lipinski definition) is 2. The van der Waals surface area contributed by atoms with Gasteiger partial charge in [-0.2, -0.15) is 0 Å². The summed E-state index contributed by atoms with van der Waals surface area (Å²) in [4.78, 5) is 24.1. The van der Waals surface area contributed by atoms with Crippen LogP contribution in [0.5, 0.6) is 0 Å². The molecule has 1 aliphatic rings. The average Bonchev–Trinajstić information content (AvgIpc) is 2.47. The fourth-order valence-corrected chi connectivity index (χ4v) is 2.78. The highest BCUT2D eigenvalue weighted by Crippen LogP contribution is 2.36. The molecule has 5 nitrogen and oxygen atoms in total. The average molecular weight is 290 g/mol. The topological polar surface area (TPSA) is 69.6 Å². The molecule has 114 valence electrons. The van der Waals surface area contributed by atoms with E-state index in [1.807, 2.05) is 12.1 Å². The molecule has 2 rings (SSSR count). The maximum absolute atomic E-state index is 12.1. The van der Waals surface area contributed by atoms with Crippen LogP contribution in [-0.4, -0.2) is 35.6 Å². The summed E-state index contributed by atoms with van der Waals surface area (Å²) >= 11 is 0. The Labute approximate surface area is 125 Å². The van der Waals surface area contributed by atoms with Gasteiger partial charge >= 0.3 is 12.0 Å². The van der Waals surface area contributed by atoms with Gasteiger partial charge in [0.1, 0.15) is 0 Å². The van der Waals surface area contributed by atoms with E-state index in [1.54, 1.807) is 7.05 Å². The minimum absolute atomic E-state index is 0.0113. The first-order valence-electron chi connectivity index (χ1n) is 7.31. The third kappa shape index (κ3) is 3.74. The van der Waals surface area contributed by atoms with Crippen LogP contribution < -0.4 is 5.32 Å². The van der Waals surface area contributed by atoms with Crippen LogP contribution in [0.25, 0.3) is 0 Å². The molecule has 0 bridgehead atoms. The minimum Gasteiger partial charge on any atom is -0.481 e. The van der Waals surface area contributed by atoms with E-state index < -0.39 is 5.97 Å². The molecule has 0 saturated heterocycles. The monoisotopic (exact) mass is 290 g/mol. The van der Waals surface area contributed by atoms with E-state index in [0.29, 0.717) is 5.92 Å². The van der Waals surface area contributed by atoms with Gasteiger partial charge in [0.25, 0.3) is 0 Å². The zero-order chi connectivity index (χ0) is 15.4. The maximum atomic E-state index is 12.1. The molecule has 21 heavy (non-hydrogen) atoms. The van der Waals surface area contributed by atoms with Gasteiger partial charge in [0.2, 0.25) is 0 Å². The van der Waals surface area contributed by atoms with Crippen LogP contribution in [0.15, 0.2) is 24.3 Å². The highest BCUT2D eigenvalue weighted by Gasteiger charge is 2.26. The Morgan fingerprint density at radius 1 is 1.29 bits per heavy atom. The van der Waals surface area contributed by atoms with Crippen molar-refractivity contribution in [3.63, 3.8) is 0 Å². The van der Waals surface area contributed by atoms with E-state index in [1.165, 1.54) is 16.0 Å². The molecule has 1 aliphatic carbocycles. The molecule has 2 amide bonds. The Morgan fingerprint density at radius 3 is 2.62 bits per heavy atom. The molecule has 2 unspecified atom stereocenters. The number of aliphatic carboxylic acids is 1. The van der Waals surface area contributed by atoms with Crippen molar-refractivity contribution in [1.29, 1.82) is 0 Å². The summed E-state index contributed by atoms with van der Waals surface area (Å²) in [6, 6.07) is 7.99. The summed E-state index contributed by atoms with van der Waals surface area (Å²) < 4.78 is 0. The summed E-state index contributed by atoms with van der Waals surface area (Å²) in [6.07, 6.45) is 1.92. The lowest BCUT2D eigenvalue weighted by Gasteiger charge is -2.31. The van der Waals surface area contributed by atoms with E-state index in [4.69, 9.17) is 5.11 Å². The molecular formula is C16H22N2O3. The van der Waals surface area contributed by atoms with Crippen LogP contribution in [0, 0.1) is 0 Å². The summed E-state index contributed by atoms with van der Waals surface area (Å²) in [7, 11) is 1.62. The molecule has 0 heterocycles. The van der Waals surface area contributed by atoms with Crippen LogP contribution in [0.2, 0.25) is 0 Å². The number of fused-ring (bicyclic) bond motifs is 1. The number of nitrogens with zero attached hydrogens (tertiary/aromatic N) is 1. The molecule has 5 heteroatoms. The first kappa shape index (κ1) is 15.4. The zero-order valence-corrected chi connectivity index (χ0v) is 12.5. The highest BCUT2D eigenvalue weighted by atomic mass is 16.4. The molecule has 0 aromatic heterocycles. The number of urea groups is 1. The van der Waals surface area contributed by atoms with Gasteiger partial charge in [0.15, 0.2) is 0 Å². The first-order valence-corrected chi connectivity index (χ1v) is 7.31. The summed E-state index contributed by atoms with van der Waals surface area (Å²) in [5.74, 6) is -0.384. The predicted molar refractivity (Wildman–Crippen MR) is 80.2 cm³/mol. The fraction of sp³-hybridized carbons (Fsp3) is 0.500. The Morgan fingerprint density at radius 2 is 1.95 bits per heavy atom. The molecule has 2 N–H and O–H groups in total. The lowest BCUT2D eigenvalue weighted by molar-refractivity contribution is -0.137. The molecule has 0 aliphatic heterocycles. The maximum Gasteiger partial charge on any atom is 0.317 e. The van der Waals surface area contributed by atoms with Gasteiger partial charge < -0.3 is 15.3 Å². The molecule has 1 aromatic rings. The smallest absolute Gasteiger partial charge is 0.317 e. The van der Waals surface area contributed by atoms with Crippen molar-refractivity contribution in [2.45, 2.75) is 38.1 Å². The van der Waals surface area contributed by atoms with E-state index in [0.717, 1.165) is 12.8 Å². The van der Waals surface area contributed by atoms with Crippen LogP contribution in [-0.2, 0) is 4.79 Å². The van der Waals surface area contributed by atoms with Crippen LogP contribution in [0.1, 0.15) is 49.3 Å². The Hall–Kier alpha value is -2.04. The fourth-order valence-electron chi connectivity index (χ4n) is 2.78. The number of benzene rings is 1.